The number of ether oxygens (including phenoxy) is 1. The zero-order valence-electron chi connectivity index (χ0n) is 13.2. The molecule has 0 N–H and O–H groups in total. The van der Waals surface area contributed by atoms with Crippen LogP contribution in [-0.2, 0) is 4.74 Å². The Labute approximate surface area is 144 Å². The second-order valence-electron chi connectivity index (χ2n) is 6.78. The van der Waals surface area contributed by atoms with Crippen LogP contribution in [0.4, 0.5) is 9.80 Å². The van der Waals surface area contributed by atoms with E-state index in [-0.39, 0.29) is 11.7 Å². The van der Waals surface area contributed by atoms with Crippen LogP contribution in [-0.4, -0.2) is 52.7 Å². The van der Waals surface area contributed by atoms with Gasteiger partial charge in [-0.2, -0.15) is 0 Å². The topological polar surface area (TPSA) is 58.6 Å². The van der Waals surface area contributed by atoms with Crippen molar-refractivity contribution in [2.45, 2.75) is 18.4 Å². The second-order valence-corrected chi connectivity index (χ2v) is 7.84. The van der Waals surface area contributed by atoms with Crippen molar-refractivity contribution < 1.29 is 9.53 Å². The van der Waals surface area contributed by atoms with Crippen LogP contribution in [0.25, 0.3) is 10.7 Å². The molecule has 124 valence electrons. The Hall–Kier alpha value is -1.99. The van der Waals surface area contributed by atoms with Crippen molar-refractivity contribution in [2.75, 3.05) is 31.1 Å². The average Bonchev–Trinajstić information content (AvgIpc) is 3.22. The minimum Gasteiger partial charge on any atom is -0.439 e. The Morgan fingerprint density at radius 2 is 1.96 bits per heavy atom. The number of nitrogens with zero attached hydrogens (tertiary/aromatic N) is 4. The largest absolute Gasteiger partial charge is 0.439 e. The Morgan fingerprint density at radius 3 is 2.67 bits per heavy atom. The summed E-state index contributed by atoms with van der Waals surface area (Å²) in [5.74, 6) is 1.19. The molecule has 1 amide bonds. The molecular formula is C17H18N4O2S. The summed E-state index contributed by atoms with van der Waals surface area (Å²) in [6.45, 7) is 3.81. The van der Waals surface area contributed by atoms with E-state index < -0.39 is 0 Å². The van der Waals surface area contributed by atoms with E-state index in [4.69, 9.17) is 4.74 Å². The first-order valence-corrected chi connectivity index (χ1v) is 9.15. The zero-order chi connectivity index (χ0) is 16.1. The van der Waals surface area contributed by atoms with E-state index in [0.29, 0.717) is 18.3 Å². The quantitative estimate of drug-likeness (QED) is 0.840. The maximum absolute atomic E-state index is 12.5. The van der Waals surface area contributed by atoms with E-state index in [1.807, 2.05) is 12.1 Å². The predicted octanol–water partition coefficient (Wildman–Crippen LogP) is 2.63. The summed E-state index contributed by atoms with van der Waals surface area (Å²) in [5.41, 5.74) is -0.318. The molecule has 1 unspecified atom stereocenters. The normalized spacial score (nSPS) is 31.7. The van der Waals surface area contributed by atoms with Crippen molar-refractivity contribution in [1.29, 1.82) is 0 Å². The lowest BCUT2D eigenvalue weighted by atomic mass is 9.75. The fourth-order valence-corrected chi connectivity index (χ4v) is 5.14. The molecule has 4 aliphatic heterocycles. The monoisotopic (exact) mass is 342 g/mol. The summed E-state index contributed by atoms with van der Waals surface area (Å²) in [6, 6.07) is 5.75. The van der Waals surface area contributed by atoms with E-state index >= 15 is 0 Å². The van der Waals surface area contributed by atoms with Crippen LogP contribution < -0.4 is 4.90 Å². The van der Waals surface area contributed by atoms with Gasteiger partial charge in [-0.05, 0) is 44.1 Å². The molecule has 0 aromatic carbocycles. The molecule has 6 heterocycles. The first-order valence-electron chi connectivity index (χ1n) is 8.34. The average molecular weight is 342 g/mol. The summed E-state index contributed by atoms with van der Waals surface area (Å²) in [6.07, 6.45) is 5.51. The van der Waals surface area contributed by atoms with Crippen LogP contribution in [0.15, 0.2) is 30.6 Å². The molecule has 4 fully saturated rings. The van der Waals surface area contributed by atoms with Gasteiger partial charge in [0, 0.05) is 24.9 Å². The Kier molecular flexibility index (Phi) is 3.14. The molecule has 2 aromatic heterocycles. The molecule has 2 bridgehead atoms. The highest BCUT2D eigenvalue weighted by molar-refractivity contribution is 7.19. The van der Waals surface area contributed by atoms with E-state index in [1.54, 1.807) is 34.7 Å². The molecular weight excluding hydrogens is 324 g/mol. The number of anilines is 1. The fourth-order valence-electron chi connectivity index (χ4n) is 4.20. The van der Waals surface area contributed by atoms with Gasteiger partial charge in [-0.15, -0.1) is 11.3 Å². The third-order valence-electron chi connectivity index (χ3n) is 5.40. The van der Waals surface area contributed by atoms with Gasteiger partial charge in [-0.3, -0.25) is 9.80 Å². The maximum Gasteiger partial charge on any atom is 0.415 e. The van der Waals surface area contributed by atoms with E-state index in [9.17, 15) is 4.79 Å². The number of thiophene rings is 1. The molecule has 6 nitrogen and oxygen atoms in total. The van der Waals surface area contributed by atoms with Gasteiger partial charge in [0.25, 0.3) is 0 Å². The number of aromatic nitrogens is 2. The molecule has 4 saturated heterocycles. The standard InChI is InChI=1S/C17H18N4O2S/c22-16-21(11-17(23-16)10-20-8-4-12(17)5-9-20)14-3-2-13(24-14)15-18-6-1-7-19-15/h1-3,6-7,12H,4-5,8-11H2. The van der Waals surface area contributed by atoms with Crippen molar-refractivity contribution in [3.8, 4) is 10.7 Å². The number of amides is 1. The van der Waals surface area contributed by atoms with Crippen molar-refractivity contribution in [2.24, 2.45) is 5.92 Å². The first-order chi connectivity index (χ1) is 11.7. The Balaban J connectivity index is 1.42. The number of rotatable bonds is 2. The van der Waals surface area contributed by atoms with E-state index in [1.165, 1.54) is 0 Å². The smallest absolute Gasteiger partial charge is 0.415 e. The minimum absolute atomic E-state index is 0.217. The van der Waals surface area contributed by atoms with Crippen LogP contribution in [0.3, 0.4) is 0 Å². The van der Waals surface area contributed by atoms with Crippen LogP contribution in [0.1, 0.15) is 12.8 Å². The number of hydrogen-bond acceptors (Lipinski definition) is 6. The van der Waals surface area contributed by atoms with E-state index in [2.05, 4.69) is 14.9 Å². The Morgan fingerprint density at radius 1 is 1.17 bits per heavy atom. The summed E-state index contributed by atoms with van der Waals surface area (Å²) < 4.78 is 5.93. The molecule has 1 spiro atoms. The van der Waals surface area contributed by atoms with Gasteiger partial charge >= 0.3 is 6.09 Å². The van der Waals surface area contributed by atoms with Gasteiger partial charge in [0.15, 0.2) is 5.82 Å². The molecule has 2 aromatic rings. The lowest BCUT2D eigenvalue weighted by molar-refractivity contribution is -0.0881. The highest BCUT2D eigenvalue weighted by Gasteiger charge is 2.55. The summed E-state index contributed by atoms with van der Waals surface area (Å²) in [7, 11) is 0. The summed E-state index contributed by atoms with van der Waals surface area (Å²) >= 11 is 1.54. The predicted molar refractivity (Wildman–Crippen MR) is 91.1 cm³/mol. The number of piperidine rings is 3. The molecule has 0 radical (unpaired) electrons. The van der Waals surface area contributed by atoms with Gasteiger partial charge in [-0.1, -0.05) is 0 Å². The van der Waals surface area contributed by atoms with Crippen LogP contribution in [0.2, 0.25) is 0 Å². The van der Waals surface area contributed by atoms with Crippen molar-refractivity contribution >= 4 is 22.4 Å². The highest BCUT2D eigenvalue weighted by atomic mass is 32.1. The van der Waals surface area contributed by atoms with Crippen LogP contribution in [0, 0.1) is 5.92 Å². The summed E-state index contributed by atoms with van der Waals surface area (Å²) in [5, 5.41) is 0.913. The lowest BCUT2D eigenvalue weighted by Gasteiger charge is -2.49. The molecule has 0 aliphatic carbocycles. The maximum atomic E-state index is 12.5. The number of carbonyl (C=O) groups is 1. The zero-order valence-corrected chi connectivity index (χ0v) is 14.0. The minimum atomic E-state index is -0.318. The van der Waals surface area contributed by atoms with Gasteiger partial charge in [0.2, 0.25) is 0 Å². The van der Waals surface area contributed by atoms with Crippen molar-refractivity contribution in [1.82, 2.24) is 14.9 Å². The SMILES string of the molecule is O=C1OC2(CN3CCC2CC3)CN1c1ccc(-c2ncccn2)s1. The first kappa shape index (κ1) is 14.4. The molecule has 7 heteroatoms. The van der Waals surface area contributed by atoms with Crippen LogP contribution in [0.5, 0.6) is 0 Å². The Bertz CT molecular complexity index is 772. The number of carbonyl (C=O) groups excluding carboxylic acids is 1. The third-order valence-corrected chi connectivity index (χ3v) is 6.51. The fraction of sp³-hybridized carbons (Fsp3) is 0.471. The molecule has 4 aliphatic rings. The number of fused-ring (bicyclic) bond motifs is 2. The lowest BCUT2D eigenvalue weighted by Crippen LogP contribution is -2.61. The van der Waals surface area contributed by atoms with Gasteiger partial charge in [0.05, 0.1) is 11.4 Å². The highest BCUT2D eigenvalue weighted by Crippen LogP contribution is 2.44. The summed E-state index contributed by atoms with van der Waals surface area (Å²) in [4.78, 5) is 26.3. The molecule has 24 heavy (non-hydrogen) atoms. The second kappa shape index (κ2) is 5.26. The third kappa shape index (κ3) is 2.15. The van der Waals surface area contributed by atoms with Crippen LogP contribution >= 0.6 is 11.3 Å². The van der Waals surface area contributed by atoms with Gasteiger partial charge in [-0.25, -0.2) is 14.8 Å². The molecule has 6 rings (SSSR count). The van der Waals surface area contributed by atoms with Crippen molar-refractivity contribution in [3.63, 3.8) is 0 Å². The number of hydrogen-bond donors (Lipinski definition) is 0. The van der Waals surface area contributed by atoms with Gasteiger partial charge < -0.3 is 4.74 Å². The molecule has 1 atom stereocenters. The van der Waals surface area contributed by atoms with E-state index in [0.717, 1.165) is 42.4 Å². The van der Waals surface area contributed by atoms with Gasteiger partial charge in [0.1, 0.15) is 10.6 Å². The van der Waals surface area contributed by atoms with Crippen molar-refractivity contribution in [3.05, 3.63) is 30.6 Å². The molecule has 0 saturated carbocycles.